The monoisotopic (exact) mass is 206 g/mol. The van der Waals surface area contributed by atoms with Crippen LogP contribution in [0.25, 0.3) is 0 Å². The lowest BCUT2D eigenvalue weighted by Crippen LogP contribution is -2.38. The van der Waals surface area contributed by atoms with Gasteiger partial charge in [0.1, 0.15) is 5.41 Å². The molecule has 1 N–H and O–H groups in total. The molecule has 0 aromatic heterocycles. The molecule has 1 unspecified atom stereocenters. The molecule has 15 heavy (non-hydrogen) atoms. The summed E-state index contributed by atoms with van der Waals surface area (Å²) in [4.78, 5) is 11.8. The van der Waals surface area contributed by atoms with E-state index in [9.17, 15) is 4.79 Å². The van der Waals surface area contributed by atoms with Gasteiger partial charge in [-0.1, -0.05) is 13.8 Å². The second-order valence-corrected chi connectivity index (χ2v) is 5.77. The third-order valence-electron chi connectivity index (χ3n) is 3.70. The van der Waals surface area contributed by atoms with Crippen molar-refractivity contribution in [2.75, 3.05) is 0 Å². The quantitative estimate of drug-likeness (QED) is 0.751. The fourth-order valence-corrected chi connectivity index (χ4v) is 2.40. The number of rotatable bonds is 2. The molecule has 2 fully saturated rings. The van der Waals surface area contributed by atoms with Gasteiger partial charge in [-0.3, -0.25) is 4.79 Å². The predicted octanol–water partition coefficient (Wildman–Crippen LogP) is 1.99. The van der Waals surface area contributed by atoms with Crippen LogP contribution in [-0.2, 0) is 4.79 Å². The predicted molar refractivity (Wildman–Crippen MR) is 56.8 cm³/mol. The second-order valence-electron chi connectivity index (χ2n) is 5.77. The molecule has 0 aromatic carbocycles. The minimum absolute atomic E-state index is 0.0345. The Morgan fingerprint density at radius 2 is 2.07 bits per heavy atom. The Kier molecular flexibility index (Phi) is 2.26. The van der Waals surface area contributed by atoms with Crippen molar-refractivity contribution < 1.29 is 4.79 Å². The molecule has 0 radical (unpaired) electrons. The lowest BCUT2D eigenvalue weighted by molar-refractivity contribution is -0.125. The van der Waals surface area contributed by atoms with Crippen LogP contribution in [0.15, 0.2) is 0 Å². The van der Waals surface area contributed by atoms with E-state index in [0.717, 1.165) is 32.1 Å². The van der Waals surface area contributed by atoms with Gasteiger partial charge < -0.3 is 5.32 Å². The van der Waals surface area contributed by atoms with Crippen molar-refractivity contribution in [3.63, 3.8) is 0 Å². The van der Waals surface area contributed by atoms with Crippen molar-refractivity contribution in [1.29, 1.82) is 5.26 Å². The first-order chi connectivity index (χ1) is 6.97. The average molecular weight is 206 g/mol. The summed E-state index contributed by atoms with van der Waals surface area (Å²) >= 11 is 0. The lowest BCUT2D eigenvalue weighted by Gasteiger charge is -2.18. The molecule has 0 bridgehead atoms. The Bertz CT molecular complexity index is 323. The van der Waals surface area contributed by atoms with E-state index in [1.807, 2.05) is 0 Å². The van der Waals surface area contributed by atoms with E-state index in [4.69, 9.17) is 5.26 Å². The molecule has 2 aliphatic rings. The molecule has 3 nitrogen and oxygen atoms in total. The van der Waals surface area contributed by atoms with Gasteiger partial charge in [0.05, 0.1) is 6.07 Å². The Morgan fingerprint density at radius 1 is 1.40 bits per heavy atom. The van der Waals surface area contributed by atoms with Gasteiger partial charge in [0, 0.05) is 6.04 Å². The van der Waals surface area contributed by atoms with E-state index in [2.05, 4.69) is 25.2 Å². The van der Waals surface area contributed by atoms with Gasteiger partial charge >= 0.3 is 0 Å². The summed E-state index contributed by atoms with van der Waals surface area (Å²) in [7, 11) is 0. The molecular weight excluding hydrogens is 188 g/mol. The first-order valence-corrected chi connectivity index (χ1v) is 5.70. The van der Waals surface area contributed by atoms with Crippen LogP contribution in [0.1, 0.15) is 46.0 Å². The summed E-state index contributed by atoms with van der Waals surface area (Å²) in [5.74, 6) is -0.0345. The zero-order chi connectivity index (χ0) is 11.1. The number of amides is 1. The Morgan fingerprint density at radius 3 is 2.47 bits per heavy atom. The van der Waals surface area contributed by atoms with Crippen LogP contribution in [0.3, 0.4) is 0 Å². The third kappa shape index (κ3) is 1.99. The van der Waals surface area contributed by atoms with Gasteiger partial charge in [0.15, 0.2) is 0 Å². The molecule has 0 saturated heterocycles. The molecule has 2 aliphatic carbocycles. The number of nitrogens with zero attached hydrogens (tertiary/aromatic N) is 1. The normalized spacial score (nSPS) is 30.6. The lowest BCUT2D eigenvalue weighted by atomic mass is 9.92. The van der Waals surface area contributed by atoms with Gasteiger partial charge in [-0.25, -0.2) is 0 Å². The molecule has 82 valence electrons. The number of nitrogens with one attached hydrogen (secondary N) is 1. The van der Waals surface area contributed by atoms with Gasteiger partial charge in [-0.2, -0.15) is 5.26 Å². The topological polar surface area (TPSA) is 52.9 Å². The molecule has 0 aromatic rings. The molecule has 0 spiro atoms. The van der Waals surface area contributed by atoms with Crippen LogP contribution in [0.4, 0.5) is 0 Å². The number of nitriles is 1. The Labute approximate surface area is 90.8 Å². The summed E-state index contributed by atoms with van der Waals surface area (Å²) in [5.41, 5.74) is -0.311. The summed E-state index contributed by atoms with van der Waals surface area (Å²) in [6.07, 6.45) is 4.74. The fraction of sp³-hybridized carbons (Fsp3) is 0.833. The number of hydrogen-bond acceptors (Lipinski definition) is 2. The van der Waals surface area contributed by atoms with Crippen LogP contribution >= 0.6 is 0 Å². The average Bonchev–Trinajstić information content (AvgIpc) is 2.88. The zero-order valence-electron chi connectivity index (χ0n) is 9.47. The first kappa shape index (κ1) is 10.5. The molecule has 0 heterocycles. The fourth-order valence-electron chi connectivity index (χ4n) is 2.40. The highest BCUT2D eigenvalue weighted by Gasteiger charge is 2.51. The van der Waals surface area contributed by atoms with Crippen molar-refractivity contribution in [3.05, 3.63) is 0 Å². The summed E-state index contributed by atoms with van der Waals surface area (Å²) in [6, 6.07) is 2.42. The van der Waals surface area contributed by atoms with E-state index in [-0.39, 0.29) is 5.91 Å². The van der Waals surface area contributed by atoms with E-state index >= 15 is 0 Å². The zero-order valence-corrected chi connectivity index (χ0v) is 9.47. The van der Waals surface area contributed by atoms with Crippen LogP contribution in [0, 0.1) is 22.2 Å². The maximum Gasteiger partial charge on any atom is 0.240 e. The highest BCUT2D eigenvalue weighted by Crippen LogP contribution is 2.46. The SMILES string of the molecule is CC1(C)CCC(NC(=O)C2(C#N)CC2)C1. The maximum absolute atomic E-state index is 11.8. The van der Waals surface area contributed by atoms with Gasteiger partial charge in [0.2, 0.25) is 5.91 Å². The maximum atomic E-state index is 11.8. The van der Waals surface area contributed by atoms with Gasteiger partial charge in [-0.05, 0) is 37.5 Å². The molecule has 2 rings (SSSR count). The highest BCUT2D eigenvalue weighted by atomic mass is 16.2. The van der Waals surface area contributed by atoms with Crippen molar-refractivity contribution >= 4 is 5.91 Å². The summed E-state index contributed by atoms with van der Waals surface area (Å²) in [5, 5.41) is 11.9. The molecule has 1 amide bonds. The molecule has 0 aliphatic heterocycles. The smallest absolute Gasteiger partial charge is 0.240 e. The summed E-state index contributed by atoms with van der Waals surface area (Å²) in [6.45, 7) is 4.46. The molecule has 2 saturated carbocycles. The van der Waals surface area contributed by atoms with E-state index in [1.165, 1.54) is 0 Å². The van der Waals surface area contributed by atoms with Crippen LogP contribution in [0.2, 0.25) is 0 Å². The Balaban J connectivity index is 1.89. The molecule has 3 heteroatoms. The van der Waals surface area contributed by atoms with Crippen LogP contribution in [-0.4, -0.2) is 11.9 Å². The van der Waals surface area contributed by atoms with Crippen molar-refractivity contribution in [2.45, 2.75) is 52.0 Å². The van der Waals surface area contributed by atoms with Gasteiger partial charge in [0.25, 0.3) is 0 Å². The largest absolute Gasteiger partial charge is 0.352 e. The van der Waals surface area contributed by atoms with E-state index in [0.29, 0.717) is 11.5 Å². The van der Waals surface area contributed by atoms with Crippen molar-refractivity contribution in [3.8, 4) is 6.07 Å². The second kappa shape index (κ2) is 3.23. The summed E-state index contributed by atoms with van der Waals surface area (Å²) < 4.78 is 0. The first-order valence-electron chi connectivity index (χ1n) is 5.70. The number of carbonyl (C=O) groups excluding carboxylic acids is 1. The standard InChI is InChI=1S/C12H18N2O/c1-11(2)4-3-9(7-11)14-10(15)12(8-13)5-6-12/h9H,3-7H2,1-2H3,(H,14,15). The van der Waals surface area contributed by atoms with Crippen LogP contribution in [0.5, 0.6) is 0 Å². The van der Waals surface area contributed by atoms with Crippen molar-refractivity contribution in [2.24, 2.45) is 10.8 Å². The van der Waals surface area contributed by atoms with E-state index < -0.39 is 5.41 Å². The molecule has 1 atom stereocenters. The molecular formula is C12H18N2O. The van der Waals surface area contributed by atoms with Gasteiger partial charge in [-0.15, -0.1) is 0 Å². The number of hydrogen-bond donors (Lipinski definition) is 1. The minimum atomic E-state index is -0.660. The number of carbonyl (C=O) groups is 1. The third-order valence-corrected chi connectivity index (χ3v) is 3.70. The highest BCUT2D eigenvalue weighted by molar-refractivity contribution is 5.88. The van der Waals surface area contributed by atoms with E-state index in [1.54, 1.807) is 0 Å². The minimum Gasteiger partial charge on any atom is -0.352 e. The van der Waals surface area contributed by atoms with Crippen molar-refractivity contribution in [1.82, 2.24) is 5.32 Å². The Hall–Kier alpha value is -1.04. The van der Waals surface area contributed by atoms with Crippen LogP contribution < -0.4 is 5.32 Å².